The van der Waals surface area contributed by atoms with E-state index in [4.69, 9.17) is 5.11 Å². The van der Waals surface area contributed by atoms with Gasteiger partial charge in [-0.25, -0.2) is 9.59 Å². The maximum absolute atomic E-state index is 12.7. The zero-order chi connectivity index (χ0) is 23.0. The molecule has 0 radical (unpaired) electrons. The van der Waals surface area contributed by atoms with E-state index in [2.05, 4.69) is 15.5 Å². The molecule has 14 heteroatoms. The third-order valence-electron chi connectivity index (χ3n) is 4.88. The molecule has 2 aromatic heterocycles. The molecule has 0 aromatic carbocycles. The third-order valence-corrected chi connectivity index (χ3v) is 8.21. The normalized spacial score (nSPS) is 20.0. The van der Waals surface area contributed by atoms with E-state index in [1.807, 2.05) is 17.5 Å². The SMILES string of the molecule is Cn1c(SCC2=C(C(=O)O)N3C(=O)C(NC(=O)Cc4cccs4)[C@H]3SC2)nnc1C(=O)O. The predicted molar refractivity (Wildman–Crippen MR) is 116 cm³/mol. The van der Waals surface area contributed by atoms with Crippen molar-refractivity contribution in [2.24, 2.45) is 7.05 Å². The number of amides is 2. The summed E-state index contributed by atoms with van der Waals surface area (Å²) >= 11 is 3.96. The molecule has 2 amide bonds. The highest BCUT2D eigenvalue weighted by Crippen LogP contribution is 2.41. The molecule has 2 aromatic rings. The quantitative estimate of drug-likeness (QED) is 0.351. The summed E-state index contributed by atoms with van der Waals surface area (Å²) in [5.74, 6) is -2.87. The Morgan fingerprint density at radius 1 is 1.28 bits per heavy atom. The lowest BCUT2D eigenvalue weighted by molar-refractivity contribution is -0.150. The molecule has 168 valence electrons. The molecular weight excluding hydrogens is 478 g/mol. The van der Waals surface area contributed by atoms with Gasteiger partial charge in [-0.05, 0) is 17.0 Å². The van der Waals surface area contributed by atoms with Crippen LogP contribution in [0.25, 0.3) is 0 Å². The minimum absolute atomic E-state index is 0.101. The minimum atomic E-state index is -1.23. The van der Waals surface area contributed by atoms with Gasteiger partial charge in [-0.2, -0.15) is 0 Å². The van der Waals surface area contributed by atoms with Crippen molar-refractivity contribution in [1.82, 2.24) is 25.0 Å². The topological polar surface area (TPSA) is 155 Å². The maximum Gasteiger partial charge on any atom is 0.374 e. The molecule has 3 N–H and O–H groups in total. The van der Waals surface area contributed by atoms with Crippen molar-refractivity contribution in [2.45, 2.75) is 23.0 Å². The number of carboxylic acid groups (broad SMARTS) is 2. The summed E-state index contributed by atoms with van der Waals surface area (Å²) < 4.78 is 1.31. The number of thiophene rings is 1. The smallest absolute Gasteiger partial charge is 0.374 e. The lowest BCUT2D eigenvalue weighted by Crippen LogP contribution is -2.70. The average molecular weight is 496 g/mol. The van der Waals surface area contributed by atoms with Gasteiger partial charge in [0.15, 0.2) is 5.16 Å². The van der Waals surface area contributed by atoms with Crippen LogP contribution < -0.4 is 5.32 Å². The van der Waals surface area contributed by atoms with E-state index >= 15 is 0 Å². The number of carbonyl (C=O) groups is 4. The fourth-order valence-electron chi connectivity index (χ4n) is 3.37. The van der Waals surface area contributed by atoms with E-state index in [0.29, 0.717) is 16.5 Å². The fraction of sp³-hybridized carbons (Fsp3) is 0.333. The summed E-state index contributed by atoms with van der Waals surface area (Å²) in [6, 6.07) is 2.90. The van der Waals surface area contributed by atoms with E-state index in [0.717, 1.165) is 16.6 Å². The van der Waals surface area contributed by atoms with E-state index in [1.54, 1.807) is 0 Å². The number of carbonyl (C=O) groups excluding carboxylic acids is 2. The van der Waals surface area contributed by atoms with Crippen LogP contribution in [0.4, 0.5) is 0 Å². The number of rotatable bonds is 8. The maximum atomic E-state index is 12.7. The van der Waals surface area contributed by atoms with Crippen LogP contribution in [0.5, 0.6) is 0 Å². The lowest BCUT2D eigenvalue weighted by Gasteiger charge is -2.49. The van der Waals surface area contributed by atoms with Crippen LogP contribution in [-0.2, 0) is 27.9 Å². The number of hydrogen-bond acceptors (Lipinski definition) is 9. The number of aromatic nitrogens is 3. The molecule has 4 heterocycles. The van der Waals surface area contributed by atoms with E-state index in [1.165, 1.54) is 39.6 Å². The molecule has 0 bridgehead atoms. The van der Waals surface area contributed by atoms with Gasteiger partial charge < -0.3 is 15.5 Å². The lowest BCUT2D eigenvalue weighted by atomic mass is 10.0. The summed E-state index contributed by atoms with van der Waals surface area (Å²) in [4.78, 5) is 50.1. The van der Waals surface area contributed by atoms with Crippen molar-refractivity contribution in [3.8, 4) is 0 Å². The first kappa shape index (κ1) is 22.4. The highest BCUT2D eigenvalue weighted by atomic mass is 32.2. The van der Waals surface area contributed by atoms with Crippen molar-refractivity contribution >= 4 is 58.6 Å². The summed E-state index contributed by atoms with van der Waals surface area (Å²) in [5.41, 5.74) is 0.413. The van der Waals surface area contributed by atoms with Crippen molar-refractivity contribution in [1.29, 1.82) is 0 Å². The molecule has 1 saturated heterocycles. The summed E-state index contributed by atoms with van der Waals surface area (Å²) in [5, 5.41) is 30.7. The van der Waals surface area contributed by atoms with E-state index < -0.39 is 29.3 Å². The molecule has 32 heavy (non-hydrogen) atoms. The van der Waals surface area contributed by atoms with Crippen molar-refractivity contribution in [3.63, 3.8) is 0 Å². The zero-order valence-corrected chi connectivity index (χ0v) is 19.0. The first-order chi connectivity index (χ1) is 15.3. The molecule has 0 spiro atoms. The number of nitrogens with one attached hydrogen (secondary N) is 1. The van der Waals surface area contributed by atoms with Gasteiger partial charge in [0.1, 0.15) is 17.1 Å². The Morgan fingerprint density at radius 2 is 2.06 bits per heavy atom. The van der Waals surface area contributed by atoms with Crippen LogP contribution in [0.15, 0.2) is 33.9 Å². The van der Waals surface area contributed by atoms with Gasteiger partial charge in [-0.3, -0.25) is 19.1 Å². The van der Waals surface area contributed by atoms with Crippen molar-refractivity contribution in [2.75, 3.05) is 11.5 Å². The largest absolute Gasteiger partial charge is 0.477 e. The van der Waals surface area contributed by atoms with Gasteiger partial charge in [0, 0.05) is 23.4 Å². The number of β-lactam (4-membered cyclic amide) rings is 1. The molecule has 0 aliphatic carbocycles. The minimum Gasteiger partial charge on any atom is -0.477 e. The first-order valence-electron chi connectivity index (χ1n) is 9.25. The Labute approximate surface area is 193 Å². The standard InChI is InChI=1S/C18H17N5O6S3/c1-22-13(17(28)29)20-21-18(22)32-7-8-6-31-15-11(14(25)23(15)12(8)16(26)27)19-10(24)5-9-3-2-4-30-9/h2-4,11,15H,5-7H2,1H3,(H,19,24)(H,26,27)(H,28,29)/t11?,15-/m1/s1. The van der Waals surface area contributed by atoms with Crippen LogP contribution in [-0.4, -0.2) is 76.6 Å². The van der Waals surface area contributed by atoms with E-state index in [9.17, 15) is 24.3 Å². The molecule has 2 aliphatic rings. The molecule has 2 aliphatic heterocycles. The molecular formula is C18H17N5O6S3. The Bertz CT molecular complexity index is 1130. The molecule has 1 unspecified atom stereocenters. The number of carboxylic acids is 2. The fourth-order valence-corrected chi connectivity index (χ4v) is 6.47. The zero-order valence-electron chi connectivity index (χ0n) is 16.5. The van der Waals surface area contributed by atoms with Crippen LogP contribution in [0.3, 0.4) is 0 Å². The monoisotopic (exact) mass is 495 g/mol. The Kier molecular flexibility index (Phi) is 6.26. The summed E-state index contributed by atoms with van der Waals surface area (Å²) in [7, 11) is 1.51. The number of nitrogens with zero attached hydrogens (tertiary/aromatic N) is 4. The molecule has 4 rings (SSSR count). The van der Waals surface area contributed by atoms with Crippen molar-refractivity contribution < 1.29 is 29.4 Å². The second kappa shape index (κ2) is 8.96. The van der Waals surface area contributed by atoms with Gasteiger partial charge in [0.05, 0.1) is 6.42 Å². The van der Waals surface area contributed by atoms with E-state index in [-0.39, 0.29) is 29.6 Å². The first-order valence-corrected chi connectivity index (χ1v) is 12.2. The van der Waals surface area contributed by atoms with Crippen LogP contribution in [0.2, 0.25) is 0 Å². The molecule has 1 fully saturated rings. The van der Waals surface area contributed by atoms with Gasteiger partial charge in [-0.1, -0.05) is 17.8 Å². The number of aromatic carboxylic acids is 1. The second-order valence-corrected chi connectivity index (χ2v) is 10.0. The number of fused-ring (bicyclic) bond motifs is 1. The van der Waals surface area contributed by atoms with Gasteiger partial charge in [0.2, 0.25) is 11.7 Å². The van der Waals surface area contributed by atoms with Crippen LogP contribution in [0.1, 0.15) is 15.5 Å². The third kappa shape index (κ3) is 4.12. The number of hydrogen-bond donors (Lipinski definition) is 3. The van der Waals surface area contributed by atoms with Gasteiger partial charge in [-0.15, -0.1) is 33.3 Å². The van der Waals surface area contributed by atoms with Crippen LogP contribution >= 0.6 is 34.9 Å². The number of aliphatic carboxylic acids is 1. The predicted octanol–water partition coefficient (Wildman–Crippen LogP) is 0.648. The highest BCUT2D eigenvalue weighted by molar-refractivity contribution is 8.01. The Hall–Kier alpha value is -2.84. The summed E-state index contributed by atoms with van der Waals surface area (Å²) in [6.45, 7) is 0. The molecule has 0 saturated carbocycles. The average Bonchev–Trinajstić information content (AvgIpc) is 3.39. The van der Waals surface area contributed by atoms with Gasteiger partial charge in [0.25, 0.3) is 5.91 Å². The molecule has 2 atom stereocenters. The summed E-state index contributed by atoms with van der Waals surface area (Å²) in [6.07, 6.45) is 0.165. The second-order valence-electron chi connectivity index (χ2n) is 6.93. The van der Waals surface area contributed by atoms with Crippen LogP contribution in [0, 0.1) is 0 Å². The Morgan fingerprint density at radius 3 is 2.69 bits per heavy atom. The molecule has 11 nitrogen and oxygen atoms in total. The van der Waals surface area contributed by atoms with Crippen molar-refractivity contribution in [3.05, 3.63) is 39.5 Å². The Balaban J connectivity index is 1.45. The highest BCUT2D eigenvalue weighted by Gasteiger charge is 2.54. The number of thioether (sulfide) groups is 2. The van der Waals surface area contributed by atoms with Gasteiger partial charge >= 0.3 is 11.9 Å².